The van der Waals surface area contributed by atoms with Crippen molar-refractivity contribution in [3.63, 3.8) is 0 Å². The summed E-state index contributed by atoms with van der Waals surface area (Å²) in [6.07, 6.45) is -0.101. The fourth-order valence-corrected chi connectivity index (χ4v) is 4.37. The van der Waals surface area contributed by atoms with Crippen LogP contribution in [0.4, 0.5) is 0 Å². The fourth-order valence-electron chi connectivity index (χ4n) is 3.71. The van der Waals surface area contributed by atoms with Crippen LogP contribution in [0.1, 0.15) is 36.6 Å². The Morgan fingerprint density at radius 2 is 1.29 bits per heavy atom. The molecule has 0 heterocycles. The van der Waals surface area contributed by atoms with E-state index in [1.54, 1.807) is 24.3 Å². The quantitative estimate of drug-likeness (QED) is 0.279. The van der Waals surface area contributed by atoms with Gasteiger partial charge < -0.3 is 30.1 Å². The van der Waals surface area contributed by atoms with Crippen LogP contribution in [0, 0.1) is 0 Å². The number of ether oxygens (including phenoxy) is 2. The first-order chi connectivity index (χ1) is 18.0. The maximum Gasteiger partial charge on any atom is 0.335 e. The Morgan fingerprint density at radius 3 is 1.71 bits per heavy atom. The van der Waals surface area contributed by atoms with Crippen molar-refractivity contribution in [3.8, 4) is 22.6 Å². The summed E-state index contributed by atoms with van der Waals surface area (Å²) in [4.78, 5) is 47.2. The predicted molar refractivity (Wildman–Crippen MR) is 138 cm³/mol. The van der Waals surface area contributed by atoms with Crippen molar-refractivity contribution in [2.45, 2.75) is 12.5 Å². The Labute approximate surface area is 226 Å². The van der Waals surface area contributed by atoms with Crippen LogP contribution in [0.3, 0.4) is 0 Å². The Bertz CT molecular complexity index is 1370. The van der Waals surface area contributed by atoms with E-state index in [2.05, 4.69) is 5.32 Å². The van der Waals surface area contributed by atoms with Gasteiger partial charge in [0.05, 0.1) is 46.5 Å². The number of carbonyl (C=O) groups is 4. The van der Waals surface area contributed by atoms with Gasteiger partial charge in [0.15, 0.2) is 0 Å². The lowest BCUT2D eigenvalue weighted by molar-refractivity contribution is -0.139. The molecule has 0 fully saturated rings. The van der Waals surface area contributed by atoms with Gasteiger partial charge in [-0.1, -0.05) is 47.5 Å². The SMILES string of the molecule is COc1cc(C(=O)O)cc(OC)c1-c1ccc(C[C@H](NC(=O)c2c(Cl)cc(C(=O)O)cc2Cl)C(=O)O)cc1. The molecule has 3 aromatic carbocycles. The predicted octanol–water partition coefficient (Wildman–Crippen LogP) is 4.50. The lowest BCUT2D eigenvalue weighted by atomic mass is 9.98. The highest BCUT2D eigenvalue weighted by Gasteiger charge is 2.25. The van der Waals surface area contributed by atoms with Crippen LogP contribution in [0.2, 0.25) is 10.0 Å². The maximum atomic E-state index is 12.8. The molecule has 10 nitrogen and oxygen atoms in total. The lowest BCUT2D eigenvalue weighted by Gasteiger charge is -2.17. The van der Waals surface area contributed by atoms with Gasteiger partial charge in [0.1, 0.15) is 17.5 Å². The first-order valence-corrected chi connectivity index (χ1v) is 11.6. The number of benzene rings is 3. The molecule has 12 heteroatoms. The monoisotopic (exact) mass is 561 g/mol. The molecule has 198 valence electrons. The number of hydrogen-bond acceptors (Lipinski definition) is 6. The first-order valence-electron chi connectivity index (χ1n) is 10.8. The van der Waals surface area contributed by atoms with Gasteiger partial charge in [-0.2, -0.15) is 0 Å². The number of halogens is 2. The first kappa shape index (κ1) is 28.3. The summed E-state index contributed by atoms with van der Waals surface area (Å²) in [7, 11) is 2.79. The van der Waals surface area contributed by atoms with E-state index in [4.69, 9.17) is 37.8 Å². The third-order valence-corrected chi connectivity index (χ3v) is 6.15. The number of amides is 1. The molecule has 0 aliphatic carbocycles. The summed E-state index contributed by atoms with van der Waals surface area (Å²) in [5.41, 5.74) is 1.19. The standard InChI is InChI=1S/C26H21Cl2NO9/c1-37-19-10-15(25(33)34)11-20(38-2)21(19)13-5-3-12(4-6-13)7-18(26(35)36)29-23(30)22-16(27)8-14(24(31)32)9-17(22)28/h3-6,8-11,18H,7H2,1-2H3,(H,29,30)(H,31,32)(H,33,34)(H,35,36)/t18-/m0/s1. The summed E-state index contributed by atoms with van der Waals surface area (Å²) in [6.45, 7) is 0. The highest BCUT2D eigenvalue weighted by molar-refractivity contribution is 6.40. The molecule has 3 aromatic rings. The van der Waals surface area contributed by atoms with E-state index in [9.17, 15) is 29.4 Å². The number of carboxylic acid groups (broad SMARTS) is 3. The third kappa shape index (κ3) is 6.16. The van der Waals surface area contributed by atoms with Crippen LogP contribution in [0.5, 0.6) is 11.5 Å². The van der Waals surface area contributed by atoms with Gasteiger partial charge in [-0.15, -0.1) is 0 Å². The normalized spacial score (nSPS) is 11.4. The smallest absolute Gasteiger partial charge is 0.335 e. The molecule has 1 amide bonds. The van der Waals surface area contributed by atoms with Gasteiger partial charge in [-0.3, -0.25) is 4.79 Å². The number of methoxy groups -OCH3 is 2. The van der Waals surface area contributed by atoms with Crippen molar-refractivity contribution >= 4 is 47.0 Å². The minimum Gasteiger partial charge on any atom is -0.496 e. The number of rotatable bonds is 10. The zero-order chi connectivity index (χ0) is 28.1. The number of carboxylic acids is 3. The van der Waals surface area contributed by atoms with E-state index >= 15 is 0 Å². The molecular formula is C26H21Cl2NO9. The second-order valence-electron chi connectivity index (χ2n) is 7.95. The highest BCUT2D eigenvalue weighted by atomic mass is 35.5. The van der Waals surface area contributed by atoms with E-state index in [-0.39, 0.29) is 44.7 Å². The zero-order valence-corrected chi connectivity index (χ0v) is 21.5. The van der Waals surface area contributed by atoms with Gasteiger partial charge in [-0.05, 0) is 35.4 Å². The average Bonchev–Trinajstić information content (AvgIpc) is 2.87. The maximum absolute atomic E-state index is 12.8. The Kier molecular flexibility index (Phi) is 8.82. The van der Waals surface area contributed by atoms with E-state index in [1.165, 1.54) is 26.4 Å². The van der Waals surface area contributed by atoms with Gasteiger partial charge in [0.25, 0.3) is 5.91 Å². The summed E-state index contributed by atoms with van der Waals surface area (Å²) in [5, 5.41) is 30.0. The summed E-state index contributed by atoms with van der Waals surface area (Å²) in [5.74, 6) is -4.09. The van der Waals surface area contributed by atoms with Gasteiger partial charge in [0.2, 0.25) is 0 Å². The zero-order valence-electron chi connectivity index (χ0n) is 20.0. The fraction of sp³-hybridized carbons (Fsp3) is 0.154. The summed E-state index contributed by atoms with van der Waals surface area (Å²) in [6, 6.07) is 10.1. The second-order valence-corrected chi connectivity index (χ2v) is 8.76. The Balaban J connectivity index is 1.86. The van der Waals surface area contributed by atoms with E-state index in [0.29, 0.717) is 16.7 Å². The number of carbonyl (C=O) groups excluding carboxylic acids is 1. The molecule has 0 bridgehead atoms. The topological polar surface area (TPSA) is 159 Å². The van der Waals surface area contributed by atoms with Crippen molar-refractivity contribution in [1.29, 1.82) is 0 Å². The van der Waals surface area contributed by atoms with Crippen LogP contribution in [0.15, 0.2) is 48.5 Å². The van der Waals surface area contributed by atoms with E-state index in [0.717, 1.165) is 12.1 Å². The molecule has 0 aliphatic heterocycles. The average molecular weight is 562 g/mol. The van der Waals surface area contributed by atoms with Crippen molar-refractivity contribution in [3.05, 3.63) is 80.8 Å². The number of hydrogen-bond donors (Lipinski definition) is 4. The van der Waals surface area contributed by atoms with Crippen molar-refractivity contribution in [2.24, 2.45) is 0 Å². The van der Waals surface area contributed by atoms with Crippen LogP contribution in [0.25, 0.3) is 11.1 Å². The van der Waals surface area contributed by atoms with Crippen LogP contribution in [-0.2, 0) is 11.2 Å². The minimum absolute atomic E-state index is 0.0167. The molecule has 0 saturated carbocycles. The number of nitrogens with one attached hydrogen (secondary N) is 1. The molecule has 1 atom stereocenters. The molecule has 0 aliphatic rings. The lowest BCUT2D eigenvalue weighted by Crippen LogP contribution is -2.42. The molecule has 0 unspecified atom stereocenters. The van der Waals surface area contributed by atoms with Crippen LogP contribution in [-0.4, -0.2) is 59.4 Å². The number of aromatic carboxylic acids is 2. The minimum atomic E-state index is -1.36. The molecule has 0 radical (unpaired) electrons. The summed E-state index contributed by atoms with van der Waals surface area (Å²) < 4.78 is 10.7. The van der Waals surface area contributed by atoms with Crippen molar-refractivity contribution in [1.82, 2.24) is 5.32 Å². The van der Waals surface area contributed by atoms with Crippen LogP contribution < -0.4 is 14.8 Å². The van der Waals surface area contributed by atoms with Crippen LogP contribution >= 0.6 is 23.2 Å². The molecular weight excluding hydrogens is 541 g/mol. The molecule has 0 spiro atoms. The molecule has 38 heavy (non-hydrogen) atoms. The molecule has 4 N–H and O–H groups in total. The largest absolute Gasteiger partial charge is 0.496 e. The van der Waals surface area contributed by atoms with Gasteiger partial charge >= 0.3 is 17.9 Å². The van der Waals surface area contributed by atoms with E-state index < -0.39 is 29.9 Å². The van der Waals surface area contributed by atoms with Crippen molar-refractivity contribution in [2.75, 3.05) is 14.2 Å². The number of aliphatic carboxylic acids is 1. The second kappa shape index (κ2) is 11.8. The van der Waals surface area contributed by atoms with Gasteiger partial charge in [0, 0.05) is 6.42 Å². The Morgan fingerprint density at radius 1 is 0.816 bits per heavy atom. The Hall–Kier alpha value is -4.28. The third-order valence-electron chi connectivity index (χ3n) is 5.55. The summed E-state index contributed by atoms with van der Waals surface area (Å²) >= 11 is 12.1. The highest BCUT2D eigenvalue weighted by Crippen LogP contribution is 2.39. The molecule has 3 rings (SSSR count). The van der Waals surface area contributed by atoms with E-state index in [1.807, 2.05) is 0 Å². The molecule has 0 aromatic heterocycles. The van der Waals surface area contributed by atoms with Gasteiger partial charge in [-0.25, -0.2) is 14.4 Å². The van der Waals surface area contributed by atoms with Crippen molar-refractivity contribution < 1.29 is 44.0 Å². The molecule has 0 saturated heterocycles.